The molecule has 1 saturated heterocycles. The van der Waals surface area contributed by atoms with Crippen molar-refractivity contribution in [1.82, 2.24) is 39.5 Å². The molecule has 0 N–H and O–H groups in total. The molecule has 1 aromatic carbocycles. The molecule has 0 radical (unpaired) electrons. The van der Waals surface area contributed by atoms with Gasteiger partial charge >= 0.3 is 0 Å². The summed E-state index contributed by atoms with van der Waals surface area (Å²) in [6.45, 7) is 8.63. The molecule has 0 amide bonds. The molecule has 5 heterocycles. The Morgan fingerprint density at radius 3 is 2.79 bits per heavy atom. The molecule has 6 rings (SSSR count). The maximum atomic E-state index is 4.69. The van der Waals surface area contributed by atoms with Crippen molar-refractivity contribution in [2.75, 3.05) is 19.6 Å². The van der Waals surface area contributed by atoms with Crippen LogP contribution in [0.1, 0.15) is 24.0 Å². The van der Waals surface area contributed by atoms with Gasteiger partial charge in [-0.15, -0.1) is 10.2 Å². The molecular formula is C25H26N8. The summed E-state index contributed by atoms with van der Waals surface area (Å²) >= 11 is 0. The van der Waals surface area contributed by atoms with Crippen LogP contribution in [0.5, 0.6) is 0 Å². The number of hydrogen-bond donors (Lipinski definition) is 0. The van der Waals surface area contributed by atoms with Crippen molar-refractivity contribution >= 4 is 16.6 Å². The first kappa shape index (κ1) is 20.0. The summed E-state index contributed by atoms with van der Waals surface area (Å²) in [5.41, 5.74) is 6.02. The Balaban J connectivity index is 1.24. The summed E-state index contributed by atoms with van der Waals surface area (Å²) in [5.74, 6) is 1.53. The lowest BCUT2D eigenvalue weighted by Gasteiger charge is -2.38. The number of benzene rings is 1. The Morgan fingerprint density at radius 1 is 1.00 bits per heavy atom. The summed E-state index contributed by atoms with van der Waals surface area (Å²) in [6.07, 6.45) is 6.67. The van der Waals surface area contributed by atoms with E-state index >= 15 is 0 Å². The lowest BCUT2D eigenvalue weighted by Crippen LogP contribution is -2.48. The highest BCUT2D eigenvalue weighted by atomic mass is 15.4. The van der Waals surface area contributed by atoms with E-state index in [9.17, 15) is 0 Å². The molecule has 1 aliphatic rings. The van der Waals surface area contributed by atoms with E-state index in [1.807, 2.05) is 36.0 Å². The summed E-state index contributed by atoms with van der Waals surface area (Å²) in [6, 6.07) is 12.4. The Bertz CT molecular complexity index is 1440. The monoisotopic (exact) mass is 438 g/mol. The molecule has 1 fully saturated rings. The Kier molecular flexibility index (Phi) is 4.87. The minimum atomic E-state index is 0.659. The van der Waals surface area contributed by atoms with Crippen LogP contribution in [-0.4, -0.2) is 59.1 Å². The van der Waals surface area contributed by atoms with E-state index in [1.54, 1.807) is 0 Å². The van der Waals surface area contributed by atoms with Crippen molar-refractivity contribution in [2.24, 2.45) is 5.92 Å². The zero-order valence-corrected chi connectivity index (χ0v) is 18.9. The molecular weight excluding hydrogens is 412 g/mol. The van der Waals surface area contributed by atoms with Crippen LogP contribution in [0.3, 0.4) is 0 Å². The van der Waals surface area contributed by atoms with E-state index < -0.39 is 0 Å². The minimum Gasteiger partial charge on any atom is -0.303 e. The number of pyridine rings is 1. The first-order valence-electron chi connectivity index (χ1n) is 11.5. The maximum absolute atomic E-state index is 4.69. The van der Waals surface area contributed by atoms with Gasteiger partial charge in [0.1, 0.15) is 0 Å². The Morgan fingerprint density at radius 2 is 1.91 bits per heavy atom. The van der Waals surface area contributed by atoms with Gasteiger partial charge in [0.15, 0.2) is 11.5 Å². The molecule has 8 heteroatoms. The third-order valence-electron chi connectivity index (χ3n) is 6.46. The van der Waals surface area contributed by atoms with Crippen LogP contribution >= 0.6 is 0 Å². The molecule has 1 aliphatic heterocycles. The number of likely N-dealkylation sites (tertiary alicyclic amines) is 1. The fraction of sp³-hybridized carbons (Fsp3) is 0.320. The molecule has 0 unspecified atom stereocenters. The lowest BCUT2D eigenvalue weighted by molar-refractivity contribution is 0.0917. The predicted molar refractivity (Wildman–Crippen MR) is 127 cm³/mol. The molecule has 8 nitrogen and oxygen atoms in total. The van der Waals surface area contributed by atoms with Crippen molar-refractivity contribution in [3.8, 4) is 11.1 Å². The largest absolute Gasteiger partial charge is 0.303 e. The molecule has 4 aromatic heterocycles. The van der Waals surface area contributed by atoms with E-state index in [0.717, 1.165) is 57.8 Å². The van der Waals surface area contributed by atoms with Gasteiger partial charge < -0.3 is 4.90 Å². The number of fused-ring (bicyclic) bond motifs is 2. The van der Waals surface area contributed by atoms with Gasteiger partial charge in [-0.1, -0.05) is 13.0 Å². The molecule has 166 valence electrons. The quantitative estimate of drug-likeness (QED) is 0.404. The zero-order valence-electron chi connectivity index (χ0n) is 18.9. The highest BCUT2D eigenvalue weighted by Crippen LogP contribution is 2.25. The van der Waals surface area contributed by atoms with E-state index in [4.69, 9.17) is 0 Å². The summed E-state index contributed by atoms with van der Waals surface area (Å²) in [4.78, 5) is 7.14. The highest BCUT2D eigenvalue weighted by molar-refractivity contribution is 5.84. The fourth-order valence-corrected chi connectivity index (χ4v) is 4.59. The number of aryl methyl sites for hydroxylation is 1. The summed E-state index contributed by atoms with van der Waals surface area (Å²) in [7, 11) is 0. The maximum Gasteiger partial charge on any atom is 0.177 e. The van der Waals surface area contributed by atoms with Crippen molar-refractivity contribution in [2.45, 2.75) is 26.8 Å². The number of rotatable bonds is 6. The standard InChI is InChI=1S/C25H26N8/c1-3-31-13-19(14-31)15-32-16-22(12-27-32)21-10-20-8-18(5-6-23(20)26-11-21)9-25-29-28-24-7-4-17(2)30-33(24)25/h4-8,10-12,16,19H,3,9,13-15H2,1-2H3. The van der Waals surface area contributed by atoms with Crippen LogP contribution < -0.4 is 0 Å². The number of aromatic nitrogens is 7. The predicted octanol–water partition coefficient (Wildman–Crippen LogP) is 3.39. The van der Waals surface area contributed by atoms with Crippen molar-refractivity contribution in [3.05, 3.63) is 72.1 Å². The van der Waals surface area contributed by atoms with Crippen molar-refractivity contribution in [1.29, 1.82) is 0 Å². The average molecular weight is 439 g/mol. The van der Waals surface area contributed by atoms with Crippen LogP contribution in [0.2, 0.25) is 0 Å². The van der Waals surface area contributed by atoms with E-state index in [1.165, 1.54) is 13.1 Å². The van der Waals surface area contributed by atoms with Gasteiger partial charge in [-0.05, 0) is 49.4 Å². The van der Waals surface area contributed by atoms with Gasteiger partial charge in [-0.3, -0.25) is 9.67 Å². The second-order valence-electron chi connectivity index (χ2n) is 8.96. The first-order chi connectivity index (χ1) is 16.1. The first-order valence-corrected chi connectivity index (χ1v) is 11.5. The van der Waals surface area contributed by atoms with Gasteiger partial charge in [-0.25, -0.2) is 0 Å². The zero-order chi connectivity index (χ0) is 22.4. The lowest BCUT2D eigenvalue weighted by atomic mass is 10.0. The number of hydrogen-bond acceptors (Lipinski definition) is 6. The van der Waals surface area contributed by atoms with Gasteiger partial charge in [0.2, 0.25) is 0 Å². The van der Waals surface area contributed by atoms with E-state index in [2.05, 4.69) is 72.3 Å². The summed E-state index contributed by atoms with van der Waals surface area (Å²) in [5, 5.41) is 18.8. The third-order valence-corrected chi connectivity index (χ3v) is 6.46. The van der Waals surface area contributed by atoms with E-state index in [0.29, 0.717) is 12.3 Å². The smallest absolute Gasteiger partial charge is 0.177 e. The third kappa shape index (κ3) is 3.87. The topological polar surface area (TPSA) is 77.0 Å². The molecule has 0 atom stereocenters. The van der Waals surface area contributed by atoms with Gasteiger partial charge in [-0.2, -0.15) is 14.7 Å². The highest BCUT2D eigenvalue weighted by Gasteiger charge is 2.25. The van der Waals surface area contributed by atoms with Gasteiger partial charge in [0, 0.05) is 60.9 Å². The Labute approximate surface area is 191 Å². The van der Waals surface area contributed by atoms with Crippen LogP contribution in [0, 0.1) is 12.8 Å². The molecule has 0 spiro atoms. The minimum absolute atomic E-state index is 0.659. The second-order valence-corrected chi connectivity index (χ2v) is 8.96. The van der Waals surface area contributed by atoms with Gasteiger partial charge in [0.05, 0.1) is 17.4 Å². The van der Waals surface area contributed by atoms with Crippen LogP contribution in [0.15, 0.2) is 55.0 Å². The average Bonchev–Trinajstić information content (AvgIpc) is 3.42. The Hall–Kier alpha value is -3.65. The van der Waals surface area contributed by atoms with Crippen molar-refractivity contribution < 1.29 is 0 Å². The summed E-state index contributed by atoms with van der Waals surface area (Å²) < 4.78 is 3.89. The van der Waals surface area contributed by atoms with Crippen molar-refractivity contribution in [3.63, 3.8) is 0 Å². The number of nitrogens with zero attached hydrogens (tertiary/aromatic N) is 8. The van der Waals surface area contributed by atoms with Crippen LogP contribution in [0.4, 0.5) is 0 Å². The second kappa shape index (κ2) is 8.04. The van der Waals surface area contributed by atoms with Crippen LogP contribution in [-0.2, 0) is 13.0 Å². The normalized spacial score (nSPS) is 14.8. The molecule has 0 saturated carbocycles. The van der Waals surface area contributed by atoms with Crippen LogP contribution in [0.25, 0.3) is 27.7 Å². The van der Waals surface area contributed by atoms with Gasteiger partial charge in [0.25, 0.3) is 0 Å². The molecule has 0 bridgehead atoms. The van der Waals surface area contributed by atoms with E-state index in [-0.39, 0.29) is 0 Å². The molecule has 33 heavy (non-hydrogen) atoms. The SMILES string of the molecule is CCN1CC(Cn2cc(-c3cnc4ccc(Cc5nnc6ccc(C)nn56)cc4c3)cn2)C1. The molecule has 5 aromatic rings. The fourth-order valence-electron chi connectivity index (χ4n) is 4.59. The molecule has 0 aliphatic carbocycles.